The average Bonchev–Trinajstić information content (AvgIpc) is 3.45. The highest BCUT2D eigenvalue weighted by Crippen LogP contribution is 2.58. The van der Waals surface area contributed by atoms with Gasteiger partial charge in [-0.2, -0.15) is 8.78 Å². The number of nitrogens with one attached hydrogen (secondary N) is 2. The average molecular weight is 598 g/mol. The van der Waals surface area contributed by atoms with Crippen LogP contribution in [0.25, 0.3) is 0 Å². The maximum Gasteiger partial charge on any atom is 0.289 e. The third kappa shape index (κ3) is 3.42. The number of carbonyl (C=O) groups excluding carboxylic acids is 3. The maximum absolute atomic E-state index is 16.2. The summed E-state index contributed by atoms with van der Waals surface area (Å²) in [6, 6.07) is 7.01. The Morgan fingerprint density at radius 3 is 2.18 bits per heavy atom. The van der Waals surface area contributed by atoms with Crippen LogP contribution in [0.1, 0.15) is 11.1 Å². The Labute approximate surface area is 234 Å². The van der Waals surface area contributed by atoms with E-state index in [0.717, 1.165) is 17.0 Å². The molecule has 1 spiro atoms. The van der Waals surface area contributed by atoms with Crippen molar-refractivity contribution in [3.63, 3.8) is 0 Å². The lowest BCUT2D eigenvalue weighted by Crippen LogP contribution is -2.56. The van der Waals surface area contributed by atoms with Gasteiger partial charge in [0.1, 0.15) is 5.54 Å². The number of benzene rings is 2. The number of amides is 3. The Kier molecular flexibility index (Phi) is 5.76. The predicted molar refractivity (Wildman–Crippen MR) is 138 cm³/mol. The lowest BCUT2D eigenvalue weighted by Gasteiger charge is -2.32. The van der Waals surface area contributed by atoms with Gasteiger partial charge in [-0.05, 0) is 42.5 Å². The van der Waals surface area contributed by atoms with Crippen molar-refractivity contribution in [2.24, 2.45) is 11.8 Å². The third-order valence-electron chi connectivity index (χ3n) is 7.20. The minimum atomic E-state index is -3.71. The molecule has 3 amide bonds. The molecular weight excluding hydrogens is 584 g/mol. The van der Waals surface area contributed by atoms with Gasteiger partial charge in [0.2, 0.25) is 17.7 Å². The van der Waals surface area contributed by atoms with Crippen molar-refractivity contribution in [2.45, 2.75) is 17.5 Å². The Hall–Kier alpha value is -2.82. The summed E-state index contributed by atoms with van der Waals surface area (Å²) in [4.78, 5) is 46.0. The zero-order chi connectivity index (χ0) is 27.1. The summed E-state index contributed by atoms with van der Waals surface area (Å²) in [6.45, 7) is 0. The number of halogens is 6. The molecule has 2 saturated heterocycles. The lowest BCUT2D eigenvalue weighted by atomic mass is 9.76. The molecule has 194 valence electrons. The molecule has 4 heterocycles. The molecule has 2 N–H and O–H groups in total. The van der Waals surface area contributed by atoms with E-state index >= 15 is 8.78 Å². The van der Waals surface area contributed by atoms with E-state index in [0.29, 0.717) is 0 Å². The van der Waals surface area contributed by atoms with Gasteiger partial charge < -0.3 is 5.32 Å². The third-order valence-corrected chi connectivity index (χ3v) is 8.15. The van der Waals surface area contributed by atoms with Gasteiger partial charge in [0.15, 0.2) is 0 Å². The minimum absolute atomic E-state index is 0.00391. The summed E-state index contributed by atoms with van der Waals surface area (Å²) in [6.07, 6.45) is 2.37. The topological polar surface area (TPSA) is 91.4 Å². The zero-order valence-corrected chi connectivity index (χ0v) is 21.8. The molecule has 7 nitrogen and oxygen atoms in total. The van der Waals surface area contributed by atoms with Gasteiger partial charge in [0.05, 0.1) is 34.3 Å². The lowest BCUT2D eigenvalue weighted by molar-refractivity contribution is -0.131. The van der Waals surface area contributed by atoms with Crippen LogP contribution in [0, 0.1) is 11.8 Å². The number of hydrogen-bond acceptors (Lipinski definition) is 5. The van der Waals surface area contributed by atoms with E-state index in [1.54, 1.807) is 0 Å². The van der Waals surface area contributed by atoms with Crippen LogP contribution in [0.2, 0.25) is 20.1 Å². The van der Waals surface area contributed by atoms with Crippen molar-refractivity contribution in [2.75, 3.05) is 10.2 Å². The van der Waals surface area contributed by atoms with E-state index in [-0.39, 0.29) is 37.0 Å². The second kappa shape index (κ2) is 8.59. The maximum atomic E-state index is 16.2. The second-order valence-corrected chi connectivity index (χ2v) is 10.9. The predicted octanol–water partition coefficient (Wildman–Crippen LogP) is 5.41. The number of imide groups is 1. The summed E-state index contributed by atoms with van der Waals surface area (Å²) >= 11 is 24.8. The molecule has 1 aromatic heterocycles. The first-order valence-corrected chi connectivity index (χ1v) is 12.7. The summed E-state index contributed by atoms with van der Waals surface area (Å²) in [7, 11) is 0. The normalized spacial score (nSPS) is 26.2. The zero-order valence-electron chi connectivity index (χ0n) is 18.8. The van der Waals surface area contributed by atoms with E-state index in [1.165, 1.54) is 42.7 Å². The van der Waals surface area contributed by atoms with Gasteiger partial charge in [-0.3, -0.25) is 24.7 Å². The Morgan fingerprint density at radius 1 is 0.895 bits per heavy atom. The number of alkyl halides is 2. The van der Waals surface area contributed by atoms with Gasteiger partial charge in [-0.25, -0.2) is 4.90 Å². The van der Waals surface area contributed by atoms with Crippen LogP contribution in [0.15, 0.2) is 54.9 Å². The molecule has 38 heavy (non-hydrogen) atoms. The number of nitrogens with zero attached hydrogens (tertiary/aromatic N) is 2. The fourth-order valence-corrected chi connectivity index (χ4v) is 6.75. The number of aromatic nitrogens is 1. The van der Waals surface area contributed by atoms with E-state index in [1.807, 2.05) is 0 Å². The molecule has 4 atom stereocenters. The van der Waals surface area contributed by atoms with Crippen LogP contribution in [0.4, 0.5) is 20.2 Å². The molecule has 2 fully saturated rings. The number of carbonyl (C=O) groups is 3. The number of pyridine rings is 1. The van der Waals surface area contributed by atoms with Crippen molar-refractivity contribution >= 4 is 75.5 Å². The number of anilines is 2. The second-order valence-electron chi connectivity index (χ2n) is 9.20. The van der Waals surface area contributed by atoms with Crippen molar-refractivity contribution in [3.8, 4) is 0 Å². The fraction of sp³-hybridized carbons (Fsp3) is 0.200. The molecule has 0 saturated carbocycles. The SMILES string of the molecule is O=C1C2C(C(F)(F)c3ccncc3)NC3(C(=O)Nc4c(Cl)cc(Cl)cc43)C2C(=O)N1c1cc(Cl)cc(Cl)c1. The van der Waals surface area contributed by atoms with E-state index in [4.69, 9.17) is 46.4 Å². The highest BCUT2D eigenvalue weighted by Gasteiger charge is 2.74. The van der Waals surface area contributed by atoms with Crippen molar-refractivity contribution in [3.05, 3.63) is 86.1 Å². The van der Waals surface area contributed by atoms with E-state index in [2.05, 4.69) is 15.6 Å². The minimum Gasteiger partial charge on any atom is -0.323 e. The molecular formula is C25H14Cl4F2N4O3. The summed E-state index contributed by atoms with van der Waals surface area (Å²) in [5, 5.41) is 5.70. The van der Waals surface area contributed by atoms with Crippen LogP contribution in [-0.4, -0.2) is 28.7 Å². The molecule has 3 aliphatic rings. The van der Waals surface area contributed by atoms with Crippen LogP contribution in [0.3, 0.4) is 0 Å². The van der Waals surface area contributed by atoms with Gasteiger partial charge >= 0.3 is 0 Å². The molecule has 0 radical (unpaired) electrons. The highest BCUT2D eigenvalue weighted by molar-refractivity contribution is 6.38. The van der Waals surface area contributed by atoms with Gasteiger partial charge in [0.25, 0.3) is 5.92 Å². The molecule has 3 aliphatic heterocycles. The largest absolute Gasteiger partial charge is 0.323 e. The van der Waals surface area contributed by atoms with E-state index < -0.39 is 52.6 Å². The van der Waals surface area contributed by atoms with Gasteiger partial charge in [-0.1, -0.05) is 46.4 Å². The fourth-order valence-electron chi connectivity index (χ4n) is 5.70. The van der Waals surface area contributed by atoms with Crippen LogP contribution < -0.4 is 15.5 Å². The summed E-state index contributed by atoms with van der Waals surface area (Å²) in [5.41, 5.74) is -2.32. The smallest absolute Gasteiger partial charge is 0.289 e. The Bertz CT molecular complexity index is 1540. The number of rotatable bonds is 3. The van der Waals surface area contributed by atoms with Crippen LogP contribution >= 0.6 is 46.4 Å². The van der Waals surface area contributed by atoms with Crippen molar-refractivity contribution in [1.82, 2.24) is 10.3 Å². The number of hydrogen-bond donors (Lipinski definition) is 2. The highest BCUT2D eigenvalue weighted by atomic mass is 35.5. The molecule has 3 aromatic rings. The van der Waals surface area contributed by atoms with E-state index in [9.17, 15) is 14.4 Å². The van der Waals surface area contributed by atoms with Crippen LogP contribution in [-0.2, 0) is 25.8 Å². The molecule has 13 heteroatoms. The molecule has 2 aromatic carbocycles. The van der Waals surface area contributed by atoms with Crippen molar-refractivity contribution in [1.29, 1.82) is 0 Å². The van der Waals surface area contributed by atoms with Gasteiger partial charge in [-0.15, -0.1) is 0 Å². The first-order chi connectivity index (χ1) is 18.0. The summed E-state index contributed by atoms with van der Waals surface area (Å²) in [5.74, 6) is -9.56. The summed E-state index contributed by atoms with van der Waals surface area (Å²) < 4.78 is 32.3. The molecule has 0 aliphatic carbocycles. The Balaban J connectivity index is 1.59. The molecule has 0 bridgehead atoms. The molecule has 6 rings (SSSR count). The first kappa shape index (κ1) is 25.5. The standard InChI is InChI=1S/C25H14Cl4F2N4O3/c26-11-5-12(27)7-14(6-11)35-21(36)17-18(22(35)37)24(15-8-13(28)9-16(29)19(15)33-23(24)38)34-20(17)25(30,31)10-1-3-32-4-2-10/h1-9,17-18,20,34H,(H,33,38). The number of fused-ring (bicyclic) bond motifs is 4. The first-order valence-electron chi connectivity index (χ1n) is 11.2. The Morgan fingerprint density at radius 2 is 1.53 bits per heavy atom. The molecule has 4 unspecified atom stereocenters. The van der Waals surface area contributed by atoms with Gasteiger partial charge in [0, 0.05) is 38.6 Å². The van der Waals surface area contributed by atoms with Crippen LogP contribution in [0.5, 0.6) is 0 Å². The quantitative estimate of drug-likeness (QED) is 0.394. The monoisotopic (exact) mass is 596 g/mol. The van der Waals surface area contributed by atoms with Crippen molar-refractivity contribution < 1.29 is 23.2 Å².